The predicted molar refractivity (Wildman–Crippen MR) is 136 cm³/mol. The lowest BCUT2D eigenvalue weighted by Gasteiger charge is -2.10. The minimum atomic E-state index is 0.575. The molecule has 166 valence electrons. The Morgan fingerprint density at radius 3 is 2.12 bits per heavy atom. The molecule has 6 rings (SSSR count). The van der Waals surface area contributed by atoms with Crippen molar-refractivity contribution in [1.29, 1.82) is 0 Å². The number of nitrogens with one attached hydrogen (secondary N) is 4. The largest absolute Gasteiger partial charge is 0.489 e. The highest BCUT2D eigenvalue weighted by molar-refractivity contribution is 6.33. The first-order chi connectivity index (χ1) is 16.2. The Hall–Kier alpha value is -3.19. The van der Waals surface area contributed by atoms with Crippen LogP contribution in [0.4, 0.5) is 0 Å². The molecule has 0 unspecified atom stereocenters. The number of ether oxygens (including phenoxy) is 1. The van der Waals surface area contributed by atoms with Crippen LogP contribution in [0.25, 0.3) is 43.6 Å². The molecule has 3 aromatic carbocycles. The molecule has 6 nitrogen and oxygen atoms in total. The summed E-state index contributed by atoms with van der Waals surface area (Å²) in [6, 6.07) is 14.0. The second-order valence-corrected chi connectivity index (χ2v) is 8.97. The van der Waals surface area contributed by atoms with E-state index in [9.17, 15) is 0 Å². The number of rotatable bonds is 7. The average molecular weight is 478 g/mol. The van der Waals surface area contributed by atoms with E-state index in [1.807, 2.05) is 42.6 Å². The SMILES string of the molecule is Clc1ccc2[nH]c3c(OCCCNCc4ncc[nH]4)c4[nH]c5ccc(Cl)cc5c4cc3c2c1. The Labute approximate surface area is 199 Å². The average Bonchev–Trinajstić information content (AvgIpc) is 3.53. The van der Waals surface area contributed by atoms with Gasteiger partial charge in [0.15, 0.2) is 5.75 Å². The van der Waals surface area contributed by atoms with Crippen LogP contribution in [0.3, 0.4) is 0 Å². The fraction of sp³-hybridized carbons (Fsp3) is 0.160. The van der Waals surface area contributed by atoms with Gasteiger partial charge in [0.1, 0.15) is 5.82 Å². The van der Waals surface area contributed by atoms with Gasteiger partial charge in [-0.2, -0.15) is 0 Å². The summed E-state index contributed by atoms with van der Waals surface area (Å²) in [5.74, 6) is 1.74. The first-order valence-electron chi connectivity index (χ1n) is 10.8. The number of fused-ring (bicyclic) bond motifs is 6. The van der Waals surface area contributed by atoms with Crippen LogP contribution in [-0.4, -0.2) is 33.1 Å². The minimum absolute atomic E-state index is 0.575. The second-order valence-electron chi connectivity index (χ2n) is 8.10. The maximum atomic E-state index is 6.40. The molecule has 0 amide bonds. The van der Waals surface area contributed by atoms with E-state index in [1.54, 1.807) is 6.20 Å². The van der Waals surface area contributed by atoms with Crippen LogP contribution in [-0.2, 0) is 6.54 Å². The maximum Gasteiger partial charge on any atom is 0.167 e. The van der Waals surface area contributed by atoms with E-state index < -0.39 is 0 Å². The number of imidazole rings is 1. The topological polar surface area (TPSA) is 81.5 Å². The molecule has 33 heavy (non-hydrogen) atoms. The predicted octanol–water partition coefficient (Wildman–Crippen LogP) is 6.54. The molecule has 0 radical (unpaired) electrons. The van der Waals surface area contributed by atoms with Gasteiger partial charge in [0, 0.05) is 55.0 Å². The van der Waals surface area contributed by atoms with E-state index >= 15 is 0 Å². The van der Waals surface area contributed by atoms with Crippen LogP contribution in [0, 0.1) is 0 Å². The van der Waals surface area contributed by atoms with Gasteiger partial charge in [0.25, 0.3) is 0 Å². The van der Waals surface area contributed by atoms with Crippen molar-refractivity contribution in [2.24, 2.45) is 0 Å². The molecular weight excluding hydrogens is 457 g/mol. The Balaban J connectivity index is 1.38. The number of hydrogen-bond acceptors (Lipinski definition) is 3. The highest BCUT2D eigenvalue weighted by atomic mass is 35.5. The van der Waals surface area contributed by atoms with E-state index in [0.29, 0.717) is 23.2 Å². The van der Waals surface area contributed by atoms with E-state index in [2.05, 4.69) is 31.3 Å². The van der Waals surface area contributed by atoms with Crippen LogP contribution in [0.15, 0.2) is 54.9 Å². The van der Waals surface area contributed by atoms with E-state index in [0.717, 1.165) is 68.2 Å². The van der Waals surface area contributed by atoms with Gasteiger partial charge in [-0.25, -0.2) is 4.98 Å². The molecule has 0 spiro atoms. The van der Waals surface area contributed by atoms with E-state index in [-0.39, 0.29) is 0 Å². The summed E-state index contributed by atoms with van der Waals surface area (Å²) >= 11 is 12.6. The smallest absolute Gasteiger partial charge is 0.167 e. The van der Waals surface area contributed by atoms with Gasteiger partial charge in [-0.05, 0) is 55.4 Å². The molecule has 0 saturated heterocycles. The third-order valence-electron chi connectivity index (χ3n) is 5.94. The van der Waals surface area contributed by atoms with Gasteiger partial charge in [0.05, 0.1) is 24.2 Å². The zero-order valence-corrected chi connectivity index (χ0v) is 19.1. The molecule has 4 N–H and O–H groups in total. The normalized spacial score (nSPS) is 11.9. The third-order valence-corrected chi connectivity index (χ3v) is 6.41. The molecule has 3 heterocycles. The number of aromatic nitrogens is 4. The number of H-pyrrole nitrogens is 3. The first kappa shape index (κ1) is 20.4. The van der Waals surface area contributed by atoms with Gasteiger partial charge in [-0.15, -0.1) is 0 Å². The second kappa shape index (κ2) is 8.30. The molecule has 0 bridgehead atoms. The van der Waals surface area contributed by atoms with Crippen LogP contribution < -0.4 is 10.1 Å². The van der Waals surface area contributed by atoms with Gasteiger partial charge < -0.3 is 25.0 Å². The standard InChI is InChI=1S/C25H21Cl2N5O/c26-14-2-4-20-16(10-14)18-12-19-17-11-15(27)3-5-21(17)32-24(19)25(23(18)31-20)33-9-1-6-28-13-22-29-7-8-30-22/h2-5,7-8,10-12,28,31-32H,1,6,9,13H2,(H,29,30). The van der Waals surface area contributed by atoms with Crippen molar-refractivity contribution in [3.8, 4) is 5.75 Å². The van der Waals surface area contributed by atoms with Crippen molar-refractivity contribution in [3.05, 3.63) is 70.7 Å². The lowest BCUT2D eigenvalue weighted by molar-refractivity contribution is 0.314. The molecule has 0 aliphatic rings. The molecule has 0 saturated carbocycles. The van der Waals surface area contributed by atoms with Gasteiger partial charge >= 0.3 is 0 Å². The Bertz CT molecular complexity index is 1510. The third kappa shape index (κ3) is 3.70. The van der Waals surface area contributed by atoms with Crippen molar-refractivity contribution >= 4 is 66.8 Å². The van der Waals surface area contributed by atoms with Crippen LogP contribution in [0.5, 0.6) is 5.75 Å². The highest BCUT2D eigenvalue weighted by Gasteiger charge is 2.18. The van der Waals surface area contributed by atoms with Crippen LogP contribution >= 0.6 is 23.2 Å². The monoisotopic (exact) mass is 477 g/mol. The van der Waals surface area contributed by atoms with Crippen molar-refractivity contribution < 1.29 is 4.74 Å². The summed E-state index contributed by atoms with van der Waals surface area (Å²) in [6.07, 6.45) is 4.44. The lowest BCUT2D eigenvalue weighted by atomic mass is 10.1. The maximum absolute atomic E-state index is 6.40. The number of nitrogens with zero attached hydrogens (tertiary/aromatic N) is 1. The van der Waals surface area contributed by atoms with Gasteiger partial charge in [-0.3, -0.25) is 0 Å². The molecule has 3 aromatic heterocycles. The molecule has 6 aromatic rings. The summed E-state index contributed by atoms with van der Waals surface area (Å²) in [7, 11) is 0. The van der Waals surface area contributed by atoms with Crippen molar-refractivity contribution in [3.63, 3.8) is 0 Å². The Morgan fingerprint density at radius 1 is 0.848 bits per heavy atom. The first-order valence-corrected chi connectivity index (χ1v) is 11.6. The molecular formula is C25H21Cl2N5O. The summed E-state index contributed by atoms with van der Waals surface area (Å²) < 4.78 is 6.40. The summed E-state index contributed by atoms with van der Waals surface area (Å²) in [5, 5.41) is 9.09. The molecule has 0 atom stereocenters. The summed E-state index contributed by atoms with van der Waals surface area (Å²) in [4.78, 5) is 14.4. The summed E-state index contributed by atoms with van der Waals surface area (Å²) in [6.45, 7) is 2.11. The van der Waals surface area contributed by atoms with E-state index in [1.165, 1.54) is 0 Å². The minimum Gasteiger partial charge on any atom is -0.489 e. The fourth-order valence-corrected chi connectivity index (χ4v) is 4.76. The van der Waals surface area contributed by atoms with Crippen LogP contribution in [0.1, 0.15) is 12.2 Å². The highest BCUT2D eigenvalue weighted by Crippen LogP contribution is 2.41. The number of halogens is 2. The number of aromatic amines is 3. The quantitative estimate of drug-likeness (QED) is 0.197. The lowest BCUT2D eigenvalue weighted by Crippen LogP contribution is -2.17. The number of benzene rings is 3. The molecule has 8 heteroatoms. The van der Waals surface area contributed by atoms with Gasteiger partial charge in [0.2, 0.25) is 0 Å². The van der Waals surface area contributed by atoms with E-state index in [4.69, 9.17) is 27.9 Å². The number of hydrogen-bond donors (Lipinski definition) is 4. The fourth-order valence-electron chi connectivity index (χ4n) is 4.41. The Kier molecular flexibility index (Phi) is 5.14. The van der Waals surface area contributed by atoms with Crippen molar-refractivity contribution in [2.75, 3.05) is 13.2 Å². The van der Waals surface area contributed by atoms with Crippen molar-refractivity contribution in [2.45, 2.75) is 13.0 Å². The molecule has 0 fully saturated rings. The van der Waals surface area contributed by atoms with Crippen LogP contribution in [0.2, 0.25) is 10.0 Å². The zero-order valence-electron chi connectivity index (χ0n) is 17.6. The van der Waals surface area contributed by atoms with Crippen molar-refractivity contribution in [1.82, 2.24) is 25.3 Å². The molecule has 0 aliphatic heterocycles. The molecule has 0 aliphatic carbocycles. The van der Waals surface area contributed by atoms with Gasteiger partial charge in [-0.1, -0.05) is 23.2 Å². The Morgan fingerprint density at radius 2 is 1.52 bits per heavy atom. The summed E-state index contributed by atoms with van der Waals surface area (Å²) in [5.41, 5.74) is 3.96. The zero-order chi connectivity index (χ0) is 22.4.